The van der Waals surface area contributed by atoms with Gasteiger partial charge >= 0.3 is 0 Å². The third-order valence-electron chi connectivity index (χ3n) is 4.00. The summed E-state index contributed by atoms with van der Waals surface area (Å²) in [4.78, 5) is 5.76. The fourth-order valence-electron chi connectivity index (χ4n) is 2.83. The minimum atomic E-state index is -3.69. The van der Waals surface area contributed by atoms with Gasteiger partial charge in [-0.15, -0.1) is 0 Å². The van der Waals surface area contributed by atoms with E-state index >= 15 is 0 Å². The van der Waals surface area contributed by atoms with Gasteiger partial charge in [0.15, 0.2) is 6.10 Å². The first-order valence-corrected chi connectivity index (χ1v) is 8.95. The Morgan fingerprint density at radius 2 is 1.70 bits per heavy atom. The molecule has 2 aromatic carbocycles. The van der Waals surface area contributed by atoms with Gasteiger partial charge in [0.2, 0.25) is 10.0 Å². The zero-order valence-corrected chi connectivity index (χ0v) is 13.5. The summed E-state index contributed by atoms with van der Waals surface area (Å²) in [7, 11) is -3.69. The molecule has 1 heterocycles. The molecule has 2 unspecified atom stereocenters. The lowest BCUT2D eigenvalue weighted by Gasteiger charge is -2.19. The van der Waals surface area contributed by atoms with Gasteiger partial charge in [-0.2, -0.15) is 0 Å². The van der Waals surface area contributed by atoms with Crippen molar-refractivity contribution >= 4 is 15.7 Å². The van der Waals surface area contributed by atoms with E-state index in [2.05, 4.69) is 5.16 Å². The van der Waals surface area contributed by atoms with Crippen LogP contribution in [-0.4, -0.2) is 14.1 Å². The summed E-state index contributed by atoms with van der Waals surface area (Å²) in [6, 6.07) is 16.5. The van der Waals surface area contributed by atoms with Crippen LogP contribution in [-0.2, 0) is 14.9 Å². The van der Waals surface area contributed by atoms with Crippen LogP contribution in [0.25, 0.3) is 0 Å². The van der Waals surface area contributed by atoms with Crippen LogP contribution in [0.1, 0.15) is 36.5 Å². The molecule has 0 bridgehead atoms. The van der Waals surface area contributed by atoms with Gasteiger partial charge in [0.05, 0.1) is 16.5 Å². The van der Waals surface area contributed by atoms with E-state index in [4.69, 9.17) is 9.98 Å². The fourth-order valence-corrected chi connectivity index (χ4v) is 3.34. The number of sulfonamides is 1. The molecule has 0 fully saturated rings. The lowest BCUT2D eigenvalue weighted by molar-refractivity contribution is 0.0763. The highest BCUT2D eigenvalue weighted by Crippen LogP contribution is 2.40. The number of nitrogens with zero attached hydrogens (tertiary/aromatic N) is 1. The molecule has 120 valence electrons. The minimum Gasteiger partial charge on any atom is -0.387 e. The normalized spacial score (nSPS) is 20.9. The molecule has 0 aliphatic carbocycles. The number of nitrogens with two attached hydrogens (primary N) is 1. The Balaban J connectivity index is 1.98. The first kappa shape index (κ1) is 15.7. The van der Waals surface area contributed by atoms with Gasteiger partial charge in [-0.05, 0) is 29.7 Å². The summed E-state index contributed by atoms with van der Waals surface area (Å²) in [6.07, 6.45) is 0.566. The van der Waals surface area contributed by atoms with Crippen molar-refractivity contribution in [1.29, 1.82) is 0 Å². The maximum Gasteiger partial charge on any atom is 0.238 e. The quantitative estimate of drug-likeness (QED) is 0.935. The molecule has 0 saturated carbocycles. The monoisotopic (exact) mass is 330 g/mol. The van der Waals surface area contributed by atoms with Crippen LogP contribution in [0, 0.1) is 0 Å². The summed E-state index contributed by atoms with van der Waals surface area (Å²) in [5.74, 6) is -0.0306. The van der Waals surface area contributed by atoms with E-state index in [9.17, 15) is 8.42 Å². The molecule has 2 aromatic rings. The molecule has 3 rings (SSSR count). The van der Waals surface area contributed by atoms with Crippen molar-refractivity contribution in [3.63, 3.8) is 0 Å². The number of benzene rings is 2. The number of primary sulfonamides is 1. The molecule has 1 aliphatic rings. The van der Waals surface area contributed by atoms with Crippen molar-refractivity contribution in [2.75, 3.05) is 0 Å². The van der Waals surface area contributed by atoms with Gasteiger partial charge in [0.25, 0.3) is 0 Å². The maximum atomic E-state index is 11.4. The predicted octanol–water partition coefficient (Wildman–Crippen LogP) is 2.96. The van der Waals surface area contributed by atoms with Crippen LogP contribution in [0.4, 0.5) is 0 Å². The van der Waals surface area contributed by atoms with Gasteiger partial charge in [-0.25, -0.2) is 13.6 Å². The molecular formula is C17H18N2O3S. The first-order valence-electron chi connectivity index (χ1n) is 7.41. The molecule has 2 atom stereocenters. The van der Waals surface area contributed by atoms with Crippen molar-refractivity contribution < 1.29 is 13.3 Å². The zero-order chi connectivity index (χ0) is 16.4. The molecular weight excluding hydrogens is 312 g/mol. The Kier molecular flexibility index (Phi) is 4.19. The highest BCUT2D eigenvalue weighted by molar-refractivity contribution is 7.89. The van der Waals surface area contributed by atoms with E-state index in [0.29, 0.717) is 0 Å². The number of hydrogen-bond donors (Lipinski definition) is 1. The molecule has 5 nitrogen and oxygen atoms in total. The van der Waals surface area contributed by atoms with E-state index in [1.54, 1.807) is 12.1 Å². The summed E-state index contributed by atoms with van der Waals surface area (Å²) in [5, 5.41) is 9.37. The Morgan fingerprint density at radius 1 is 1.04 bits per heavy atom. The second-order valence-electron chi connectivity index (χ2n) is 5.46. The van der Waals surface area contributed by atoms with Gasteiger partial charge in [-0.3, -0.25) is 0 Å². The second kappa shape index (κ2) is 6.14. The summed E-state index contributed by atoms with van der Waals surface area (Å²) < 4.78 is 22.8. The Hall–Kier alpha value is -2.18. The molecule has 1 aliphatic heterocycles. The summed E-state index contributed by atoms with van der Waals surface area (Å²) in [6.45, 7) is 2.03. The van der Waals surface area contributed by atoms with Crippen LogP contribution >= 0.6 is 0 Å². The molecule has 2 N–H and O–H groups in total. The van der Waals surface area contributed by atoms with Crippen LogP contribution in [0.15, 0.2) is 64.6 Å². The van der Waals surface area contributed by atoms with Crippen molar-refractivity contribution in [3.05, 3.63) is 65.7 Å². The molecule has 6 heteroatoms. The van der Waals surface area contributed by atoms with E-state index in [1.807, 2.05) is 37.3 Å². The van der Waals surface area contributed by atoms with Crippen molar-refractivity contribution in [3.8, 4) is 0 Å². The summed E-state index contributed by atoms with van der Waals surface area (Å²) >= 11 is 0. The number of oxime groups is 1. The van der Waals surface area contributed by atoms with Crippen molar-refractivity contribution in [2.24, 2.45) is 10.3 Å². The highest BCUT2D eigenvalue weighted by Gasteiger charge is 2.35. The van der Waals surface area contributed by atoms with Crippen LogP contribution in [0.3, 0.4) is 0 Å². The Morgan fingerprint density at radius 3 is 2.26 bits per heavy atom. The van der Waals surface area contributed by atoms with E-state index in [-0.39, 0.29) is 16.9 Å². The fraction of sp³-hybridized carbons (Fsp3) is 0.235. The minimum absolute atomic E-state index is 0.0306. The molecule has 23 heavy (non-hydrogen) atoms. The van der Waals surface area contributed by atoms with Gasteiger partial charge < -0.3 is 4.84 Å². The predicted molar refractivity (Wildman–Crippen MR) is 88.6 cm³/mol. The van der Waals surface area contributed by atoms with E-state index in [1.165, 1.54) is 12.1 Å². The van der Waals surface area contributed by atoms with E-state index in [0.717, 1.165) is 23.3 Å². The zero-order valence-electron chi connectivity index (χ0n) is 12.7. The average Bonchev–Trinajstić information content (AvgIpc) is 2.99. The molecule has 0 radical (unpaired) electrons. The average molecular weight is 330 g/mol. The lowest BCUT2D eigenvalue weighted by Crippen LogP contribution is -2.16. The Bertz CT molecular complexity index is 815. The van der Waals surface area contributed by atoms with Crippen molar-refractivity contribution in [2.45, 2.75) is 30.3 Å². The van der Waals surface area contributed by atoms with E-state index < -0.39 is 10.0 Å². The lowest BCUT2D eigenvalue weighted by atomic mass is 9.85. The third kappa shape index (κ3) is 3.13. The Labute approximate surface area is 135 Å². The second-order valence-corrected chi connectivity index (χ2v) is 7.03. The van der Waals surface area contributed by atoms with Gasteiger partial charge in [-0.1, -0.05) is 54.5 Å². The number of rotatable bonds is 4. The number of hydrogen-bond acceptors (Lipinski definition) is 4. The molecule has 0 spiro atoms. The van der Waals surface area contributed by atoms with Crippen molar-refractivity contribution in [1.82, 2.24) is 0 Å². The highest BCUT2D eigenvalue weighted by atomic mass is 32.2. The maximum absolute atomic E-state index is 11.4. The molecule has 0 amide bonds. The van der Waals surface area contributed by atoms with Crippen LogP contribution < -0.4 is 5.14 Å². The third-order valence-corrected chi connectivity index (χ3v) is 4.93. The first-order chi connectivity index (χ1) is 11.0. The molecule has 0 aromatic heterocycles. The summed E-state index contributed by atoms with van der Waals surface area (Å²) in [5.41, 5.74) is 2.95. The standard InChI is InChI=1S/C17H18N2O3S/c1-2-15-16(12-8-10-14(11-9-12)23(18,20)21)17(22-19-15)13-6-4-3-5-7-13/h3-11,16-17H,2H2,1H3,(H2,18,20,21). The largest absolute Gasteiger partial charge is 0.387 e. The van der Waals surface area contributed by atoms with Gasteiger partial charge in [0.1, 0.15) is 0 Å². The van der Waals surface area contributed by atoms with Crippen LogP contribution in [0.2, 0.25) is 0 Å². The molecule has 0 saturated heterocycles. The van der Waals surface area contributed by atoms with Gasteiger partial charge in [0, 0.05) is 0 Å². The smallest absolute Gasteiger partial charge is 0.238 e. The SMILES string of the molecule is CCC1=NOC(c2ccccc2)C1c1ccc(S(N)(=O)=O)cc1. The van der Waals surface area contributed by atoms with Crippen LogP contribution in [0.5, 0.6) is 0 Å². The topological polar surface area (TPSA) is 81.8 Å².